The smallest absolute Gasteiger partial charge is 0.164 e. The van der Waals surface area contributed by atoms with Gasteiger partial charge in [-0.2, -0.15) is 0 Å². The molecule has 1 aliphatic carbocycles. The molecule has 1 aliphatic rings. The van der Waals surface area contributed by atoms with Crippen molar-refractivity contribution >= 4 is 11.5 Å². The zero-order valence-electron chi connectivity index (χ0n) is 12.1. The van der Waals surface area contributed by atoms with Crippen LogP contribution in [0.4, 0.5) is 10.1 Å². The van der Waals surface area contributed by atoms with E-state index >= 15 is 0 Å². The lowest BCUT2D eigenvalue weighted by Gasteiger charge is -2.30. The van der Waals surface area contributed by atoms with Gasteiger partial charge < -0.3 is 10.6 Å². The molecule has 2 N–H and O–H groups in total. The van der Waals surface area contributed by atoms with Crippen LogP contribution in [0.1, 0.15) is 48.9 Å². The van der Waals surface area contributed by atoms with Crippen molar-refractivity contribution in [1.29, 1.82) is 0 Å². The Labute approximate surface area is 120 Å². The Hall–Kier alpha value is -1.42. The molecule has 1 fully saturated rings. The largest absolute Gasteiger partial charge is 0.396 e. The second-order valence-corrected chi connectivity index (χ2v) is 5.68. The molecule has 0 atom stereocenters. The third kappa shape index (κ3) is 3.79. The van der Waals surface area contributed by atoms with Crippen LogP contribution in [0.2, 0.25) is 0 Å². The monoisotopic (exact) mass is 278 g/mol. The molecule has 4 heteroatoms. The van der Waals surface area contributed by atoms with E-state index in [1.54, 1.807) is 0 Å². The van der Waals surface area contributed by atoms with Crippen molar-refractivity contribution in [3.05, 3.63) is 29.6 Å². The van der Waals surface area contributed by atoms with Crippen LogP contribution >= 0.6 is 0 Å². The lowest BCUT2D eigenvalue weighted by atomic mass is 9.94. The number of anilines is 1. The molecule has 0 bridgehead atoms. The fourth-order valence-electron chi connectivity index (χ4n) is 2.84. The molecule has 1 saturated carbocycles. The van der Waals surface area contributed by atoms with Gasteiger partial charge in [-0.1, -0.05) is 19.3 Å². The molecule has 2 rings (SSSR count). The molecule has 0 radical (unpaired) electrons. The number of carbonyl (C=O) groups excluding carboxylic acids is 1. The highest BCUT2D eigenvalue weighted by Crippen LogP contribution is 2.22. The summed E-state index contributed by atoms with van der Waals surface area (Å²) in [6.45, 7) is 0.751. The molecule has 0 spiro atoms. The van der Waals surface area contributed by atoms with Crippen LogP contribution in [-0.4, -0.2) is 30.3 Å². The van der Waals surface area contributed by atoms with E-state index in [4.69, 9.17) is 5.73 Å². The number of rotatable bonds is 5. The minimum absolute atomic E-state index is 0.0272. The Balaban J connectivity index is 1.86. The summed E-state index contributed by atoms with van der Waals surface area (Å²) in [5.41, 5.74) is 6.03. The van der Waals surface area contributed by atoms with Gasteiger partial charge in [-0.15, -0.1) is 0 Å². The van der Waals surface area contributed by atoms with E-state index < -0.39 is 5.82 Å². The Kier molecular flexibility index (Phi) is 5.12. The first-order valence-corrected chi connectivity index (χ1v) is 7.36. The van der Waals surface area contributed by atoms with E-state index in [-0.39, 0.29) is 11.5 Å². The minimum atomic E-state index is -0.471. The third-order valence-electron chi connectivity index (χ3n) is 4.21. The number of hydrogen-bond acceptors (Lipinski definition) is 3. The molecule has 3 nitrogen and oxygen atoms in total. The standard InChI is InChI=1S/C16H23FN2O/c1-19(13-5-3-2-4-6-13)10-9-16(20)12-7-8-14(17)15(18)11-12/h7-8,11,13H,2-6,9-10,18H2,1H3. The Bertz CT molecular complexity index is 470. The molecule has 110 valence electrons. The van der Waals surface area contributed by atoms with Crippen LogP contribution in [0.25, 0.3) is 0 Å². The first-order valence-electron chi connectivity index (χ1n) is 7.36. The zero-order chi connectivity index (χ0) is 14.5. The topological polar surface area (TPSA) is 46.3 Å². The lowest BCUT2D eigenvalue weighted by molar-refractivity contribution is 0.0952. The van der Waals surface area contributed by atoms with Crippen LogP contribution in [0.5, 0.6) is 0 Å². The van der Waals surface area contributed by atoms with Crippen molar-refractivity contribution in [2.75, 3.05) is 19.3 Å². The molecule has 1 aromatic carbocycles. The summed E-state index contributed by atoms with van der Waals surface area (Å²) in [5, 5.41) is 0. The Morgan fingerprint density at radius 1 is 1.35 bits per heavy atom. The quantitative estimate of drug-likeness (QED) is 0.664. The van der Waals surface area contributed by atoms with Crippen molar-refractivity contribution in [2.45, 2.75) is 44.6 Å². The molecule has 0 heterocycles. The Morgan fingerprint density at radius 3 is 2.70 bits per heavy atom. The molecule has 0 amide bonds. The van der Waals surface area contributed by atoms with Gasteiger partial charge in [0.05, 0.1) is 5.69 Å². The molecule has 1 aromatic rings. The molecule has 0 aliphatic heterocycles. The van der Waals surface area contributed by atoms with E-state index in [0.717, 1.165) is 6.54 Å². The number of nitrogen functional groups attached to an aromatic ring is 1. The summed E-state index contributed by atoms with van der Waals surface area (Å²) in [4.78, 5) is 14.4. The van der Waals surface area contributed by atoms with Gasteiger partial charge in [0.2, 0.25) is 0 Å². The van der Waals surface area contributed by atoms with Crippen LogP contribution in [0.15, 0.2) is 18.2 Å². The highest BCUT2D eigenvalue weighted by atomic mass is 19.1. The SMILES string of the molecule is CN(CCC(=O)c1ccc(F)c(N)c1)C1CCCCC1. The second-order valence-electron chi connectivity index (χ2n) is 5.68. The Morgan fingerprint density at radius 2 is 2.05 bits per heavy atom. The molecular weight excluding hydrogens is 255 g/mol. The van der Waals surface area contributed by atoms with Crippen molar-refractivity contribution in [2.24, 2.45) is 0 Å². The maximum absolute atomic E-state index is 13.1. The number of nitrogens with zero attached hydrogens (tertiary/aromatic N) is 1. The van der Waals surface area contributed by atoms with Gasteiger partial charge in [-0.3, -0.25) is 4.79 Å². The van der Waals surface area contributed by atoms with Gasteiger partial charge in [-0.05, 0) is 38.1 Å². The molecule has 0 unspecified atom stereocenters. The van der Waals surface area contributed by atoms with Crippen LogP contribution in [0, 0.1) is 5.82 Å². The average Bonchev–Trinajstić information content (AvgIpc) is 2.48. The van der Waals surface area contributed by atoms with E-state index in [1.807, 2.05) is 0 Å². The van der Waals surface area contributed by atoms with Gasteiger partial charge >= 0.3 is 0 Å². The molecule has 20 heavy (non-hydrogen) atoms. The third-order valence-corrected chi connectivity index (χ3v) is 4.21. The number of ketones is 1. The molecule has 0 saturated heterocycles. The summed E-state index contributed by atoms with van der Waals surface area (Å²) in [6, 6.07) is 4.80. The lowest BCUT2D eigenvalue weighted by Crippen LogP contribution is -2.34. The molecule has 0 aromatic heterocycles. The van der Waals surface area contributed by atoms with Gasteiger partial charge in [0.15, 0.2) is 5.78 Å². The minimum Gasteiger partial charge on any atom is -0.396 e. The van der Waals surface area contributed by atoms with Gasteiger partial charge in [0.1, 0.15) is 5.82 Å². The summed E-state index contributed by atoms with van der Waals surface area (Å²) < 4.78 is 13.1. The molecular formula is C16H23FN2O. The number of halogens is 1. The van der Waals surface area contributed by atoms with Gasteiger partial charge in [0, 0.05) is 24.6 Å². The van der Waals surface area contributed by atoms with E-state index in [1.165, 1.54) is 50.3 Å². The predicted molar refractivity (Wildman–Crippen MR) is 79.3 cm³/mol. The van der Waals surface area contributed by atoms with Gasteiger partial charge in [-0.25, -0.2) is 4.39 Å². The fraction of sp³-hybridized carbons (Fsp3) is 0.562. The van der Waals surface area contributed by atoms with Crippen molar-refractivity contribution < 1.29 is 9.18 Å². The summed E-state index contributed by atoms with van der Waals surface area (Å²) in [6.07, 6.45) is 6.83. The highest BCUT2D eigenvalue weighted by molar-refractivity contribution is 5.96. The summed E-state index contributed by atoms with van der Waals surface area (Å²) in [5.74, 6) is -0.444. The van der Waals surface area contributed by atoms with E-state index in [2.05, 4.69) is 11.9 Å². The first-order chi connectivity index (χ1) is 9.58. The number of hydrogen-bond donors (Lipinski definition) is 1. The van der Waals surface area contributed by atoms with Crippen LogP contribution in [-0.2, 0) is 0 Å². The predicted octanol–water partition coefficient (Wildman–Crippen LogP) is 3.25. The van der Waals surface area contributed by atoms with E-state index in [0.29, 0.717) is 18.0 Å². The van der Waals surface area contributed by atoms with Crippen LogP contribution in [0.3, 0.4) is 0 Å². The summed E-state index contributed by atoms with van der Waals surface area (Å²) >= 11 is 0. The number of Topliss-reactive ketones (excluding diaryl/α,β-unsaturated/α-hetero) is 1. The zero-order valence-corrected chi connectivity index (χ0v) is 12.1. The number of nitrogens with two attached hydrogens (primary N) is 1. The highest BCUT2D eigenvalue weighted by Gasteiger charge is 2.18. The second kappa shape index (κ2) is 6.84. The average molecular weight is 278 g/mol. The fourth-order valence-corrected chi connectivity index (χ4v) is 2.84. The van der Waals surface area contributed by atoms with Crippen LogP contribution < -0.4 is 5.73 Å². The number of carbonyl (C=O) groups is 1. The first kappa shape index (κ1) is 15.0. The van der Waals surface area contributed by atoms with Crippen molar-refractivity contribution in [1.82, 2.24) is 4.90 Å². The maximum Gasteiger partial charge on any atom is 0.164 e. The van der Waals surface area contributed by atoms with E-state index in [9.17, 15) is 9.18 Å². The normalized spacial score (nSPS) is 16.6. The van der Waals surface area contributed by atoms with Crippen molar-refractivity contribution in [3.8, 4) is 0 Å². The number of benzene rings is 1. The van der Waals surface area contributed by atoms with Crippen molar-refractivity contribution in [3.63, 3.8) is 0 Å². The maximum atomic E-state index is 13.1. The van der Waals surface area contributed by atoms with Gasteiger partial charge in [0.25, 0.3) is 0 Å². The summed E-state index contributed by atoms with van der Waals surface area (Å²) in [7, 11) is 2.09.